The molecule has 1 heterocycles. The van der Waals surface area contributed by atoms with Crippen molar-refractivity contribution in [2.45, 2.75) is 27.2 Å². The molecule has 1 N–H and O–H groups in total. The Labute approximate surface area is 73.4 Å². The van der Waals surface area contributed by atoms with Gasteiger partial charge in [-0.3, -0.25) is 5.21 Å². The van der Waals surface area contributed by atoms with Crippen molar-refractivity contribution in [3.05, 3.63) is 30.1 Å². The molecule has 0 radical (unpaired) electrons. The van der Waals surface area contributed by atoms with E-state index in [0.29, 0.717) is 0 Å². The molecular formula is C10H16NO+. The highest BCUT2D eigenvalue weighted by atomic mass is 16.5. The average molecular weight is 166 g/mol. The van der Waals surface area contributed by atoms with E-state index in [0.717, 1.165) is 12.1 Å². The molecule has 1 aromatic rings. The van der Waals surface area contributed by atoms with Gasteiger partial charge in [-0.2, -0.15) is 0 Å². The van der Waals surface area contributed by atoms with Gasteiger partial charge in [-0.05, 0) is 11.5 Å². The van der Waals surface area contributed by atoms with Crippen LogP contribution < -0.4 is 4.73 Å². The first-order chi connectivity index (χ1) is 5.49. The monoisotopic (exact) mass is 166 g/mol. The van der Waals surface area contributed by atoms with Crippen LogP contribution in [0.1, 0.15) is 26.5 Å². The van der Waals surface area contributed by atoms with Crippen molar-refractivity contribution < 1.29 is 9.94 Å². The third-order valence-electron chi connectivity index (χ3n) is 1.63. The molecule has 0 aliphatic carbocycles. The maximum Gasteiger partial charge on any atom is 0.234 e. The lowest BCUT2D eigenvalue weighted by atomic mass is 9.90. The lowest BCUT2D eigenvalue weighted by Gasteiger charge is -2.14. The standard InChI is InChI=1S/C10H16NO/c1-10(2,3)8-9-6-4-5-7-11(9)12/h4-7,12H,8H2,1-3H3/q+1. The van der Waals surface area contributed by atoms with E-state index in [1.165, 1.54) is 4.73 Å². The topological polar surface area (TPSA) is 24.1 Å². The molecule has 0 amide bonds. The molecule has 2 heteroatoms. The molecule has 0 saturated carbocycles. The lowest BCUT2D eigenvalue weighted by molar-refractivity contribution is -0.910. The second-order valence-corrected chi connectivity index (χ2v) is 4.27. The fourth-order valence-corrected chi connectivity index (χ4v) is 1.15. The minimum absolute atomic E-state index is 0.214. The van der Waals surface area contributed by atoms with Gasteiger partial charge in [0, 0.05) is 23.3 Å². The van der Waals surface area contributed by atoms with E-state index in [9.17, 15) is 5.21 Å². The van der Waals surface area contributed by atoms with Gasteiger partial charge in [0.25, 0.3) is 0 Å². The fourth-order valence-electron chi connectivity index (χ4n) is 1.15. The highest BCUT2D eigenvalue weighted by Gasteiger charge is 2.18. The summed E-state index contributed by atoms with van der Waals surface area (Å²) in [7, 11) is 0. The third-order valence-corrected chi connectivity index (χ3v) is 1.63. The summed E-state index contributed by atoms with van der Waals surface area (Å²) < 4.78 is 1.19. The molecule has 0 bridgehead atoms. The van der Waals surface area contributed by atoms with E-state index in [2.05, 4.69) is 20.8 Å². The Morgan fingerprint density at radius 1 is 1.33 bits per heavy atom. The van der Waals surface area contributed by atoms with Crippen LogP contribution in [-0.2, 0) is 6.42 Å². The van der Waals surface area contributed by atoms with E-state index in [4.69, 9.17) is 0 Å². The summed E-state index contributed by atoms with van der Waals surface area (Å²) in [6.45, 7) is 6.46. The Balaban J connectivity index is 2.83. The van der Waals surface area contributed by atoms with E-state index in [-0.39, 0.29) is 5.41 Å². The van der Waals surface area contributed by atoms with Gasteiger partial charge in [0.15, 0.2) is 0 Å². The van der Waals surface area contributed by atoms with Crippen molar-refractivity contribution in [2.75, 3.05) is 0 Å². The molecular weight excluding hydrogens is 150 g/mol. The molecule has 0 spiro atoms. The van der Waals surface area contributed by atoms with Gasteiger partial charge in [0.2, 0.25) is 11.9 Å². The van der Waals surface area contributed by atoms with Gasteiger partial charge in [0.05, 0.1) is 0 Å². The van der Waals surface area contributed by atoms with E-state index in [1.807, 2.05) is 18.2 Å². The molecule has 0 aliphatic rings. The minimum Gasteiger partial charge on any atom is -0.285 e. The summed E-state index contributed by atoms with van der Waals surface area (Å²) in [6, 6.07) is 5.69. The Hall–Kier alpha value is -1.05. The van der Waals surface area contributed by atoms with Gasteiger partial charge in [0.1, 0.15) is 0 Å². The number of rotatable bonds is 1. The molecule has 0 saturated heterocycles. The quantitative estimate of drug-likeness (QED) is 0.499. The molecule has 2 nitrogen and oxygen atoms in total. The van der Waals surface area contributed by atoms with Crippen molar-refractivity contribution in [1.29, 1.82) is 0 Å². The fraction of sp³-hybridized carbons (Fsp3) is 0.500. The van der Waals surface area contributed by atoms with Crippen LogP contribution in [0.5, 0.6) is 0 Å². The molecule has 1 rings (SSSR count). The largest absolute Gasteiger partial charge is 0.285 e. The van der Waals surface area contributed by atoms with Crippen molar-refractivity contribution in [2.24, 2.45) is 5.41 Å². The van der Waals surface area contributed by atoms with Crippen LogP contribution in [0.25, 0.3) is 0 Å². The molecule has 66 valence electrons. The number of aromatic nitrogens is 1. The first-order valence-corrected chi connectivity index (χ1v) is 4.18. The summed E-state index contributed by atoms with van der Waals surface area (Å²) in [6.07, 6.45) is 2.53. The molecule has 0 fully saturated rings. The zero-order valence-electron chi connectivity index (χ0n) is 7.91. The number of hydrogen-bond acceptors (Lipinski definition) is 1. The van der Waals surface area contributed by atoms with Gasteiger partial charge in [-0.1, -0.05) is 20.8 Å². The Morgan fingerprint density at radius 3 is 2.50 bits per heavy atom. The smallest absolute Gasteiger partial charge is 0.234 e. The number of pyridine rings is 1. The van der Waals surface area contributed by atoms with Gasteiger partial charge >= 0.3 is 0 Å². The zero-order valence-corrected chi connectivity index (χ0v) is 7.91. The molecule has 0 unspecified atom stereocenters. The Bertz CT molecular complexity index is 263. The summed E-state index contributed by atoms with van der Waals surface area (Å²) >= 11 is 0. The SMILES string of the molecule is CC(C)(C)Cc1cccc[n+]1O. The minimum atomic E-state index is 0.214. The van der Waals surface area contributed by atoms with Gasteiger partial charge in [-0.25, -0.2) is 0 Å². The normalized spacial score (nSPS) is 11.6. The summed E-state index contributed by atoms with van der Waals surface area (Å²) in [5.74, 6) is 0. The van der Waals surface area contributed by atoms with Crippen LogP contribution in [0.15, 0.2) is 24.4 Å². The second kappa shape index (κ2) is 3.13. The van der Waals surface area contributed by atoms with Gasteiger partial charge in [-0.15, -0.1) is 0 Å². The maximum absolute atomic E-state index is 9.39. The van der Waals surface area contributed by atoms with E-state index in [1.54, 1.807) is 6.20 Å². The Morgan fingerprint density at radius 2 is 2.00 bits per heavy atom. The number of hydrogen-bond donors (Lipinski definition) is 1. The van der Waals surface area contributed by atoms with Crippen LogP contribution in [0.4, 0.5) is 0 Å². The predicted molar refractivity (Wildman–Crippen MR) is 47.0 cm³/mol. The summed E-state index contributed by atoms with van der Waals surface area (Å²) in [5, 5.41) is 9.39. The van der Waals surface area contributed by atoms with Crippen molar-refractivity contribution in [1.82, 2.24) is 0 Å². The Kier molecular flexibility index (Phi) is 2.36. The predicted octanol–water partition coefficient (Wildman–Crippen LogP) is 1.80. The molecule has 0 aliphatic heterocycles. The maximum atomic E-state index is 9.39. The van der Waals surface area contributed by atoms with Crippen LogP contribution in [-0.4, -0.2) is 5.21 Å². The zero-order chi connectivity index (χ0) is 9.19. The first-order valence-electron chi connectivity index (χ1n) is 4.18. The van der Waals surface area contributed by atoms with Crippen molar-refractivity contribution in [3.8, 4) is 0 Å². The third kappa shape index (κ3) is 2.53. The highest BCUT2D eigenvalue weighted by Crippen LogP contribution is 2.17. The molecule has 12 heavy (non-hydrogen) atoms. The first kappa shape index (κ1) is 9.04. The summed E-state index contributed by atoms with van der Waals surface area (Å²) in [4.78, 5) is 0. The van der Waals surface area contributed by atoms with E-state index < -0.39 is 0 Å². The van der Waals surface area contributed by atoms with Crippen LogP contribution in [0.2, 0.25) is 0 Å². The summed E-state index contributed by atoms with van der Waals surface area (Å²) in [5.41, 5.74) is 1.16. The van der Waals surface area contributed by atoms with Crippen LogP contribution in [0.3, 0.4) is 0 Å². The van der Waals surface area contributed by atoms with Gasteiger partial charge < -0.3 is 0 Å². The highest BCUT2D eigenvalue weighted by molar-refractivity contribution is 4.98. The van der Waals surface area contributed by atoms with E-state index >= 15 is 0 Å². The molecule has 0 aromatic carbocycles. The lowest BCUT2D eigenvalue weighted by Crippen LogP contribution is -2.36. The number of nitrogens with zero attached hydrogens (tertiary/aromatic N) is 1. The van der Waals surface area contributed by atoms with Crippen LogP contribution >= 0.6 is 0 Å². The molecule has 1 aromatic heterocycles. The van der Waals surface area contributed by atoms with Crippen molar-refractivity contribution >= 4 is 0 Å². The second-order valence-electron chi connectivity index (χ2n) is 4.27. The molecule has 0 atom stereocenters. The average Bonchev–Trinajstić information content (AvgIpc) is 1.91. The van der Waals surface area contributed by atoms with Crippen molar-refractivity contribution in [3.63, 3.8) is 0 Å². The van der Waals surface area contributed by atoms with Crippen LogP contribution in [0, 0.1) is 5.41 Å².